The Morgan fingerprint density at radius 1 is 1.05 bits per heavy atom. The molecule has 20 heavy (non-hydrogen) atoms. The molecule has 1 aromatic rings. The lowest BCUT2D eigenvalue weighted by Gasteiger charge is -2.12. The first-order valence-electron chi connectivity index (χ1n) is 7.05. The number of benzene rings is 1. The number of anilines is 1. The van der Waals surface area contributed by atoms with E-state index in [-0.39, 0.29) is 0 Å². The molecule has 0 aliphatic carbocycles. The molecule has 0 saturated heterocycles. The van der Waals surface area contributed by atoms with Crippen molar-refractivity contribution in [3.05, 3.63) is 24.3 Å². The molecule has 0 heterocycles. The maximum Gasteiger partial charge on any atom is 0.398 e. The van der Waals surface area contributed by atoms with Crippen LogP contribution < -0.4 is 5.32 Å². The summed E-state index contributed by atoms with van der Waals surface area (Å²) in [5.74, 6) is -0.845. The van der Waals surface area contributed by atoms with Gasteiger partial charge in [-0.25, -0.2) is 0 Å². The van der Waals surface area contributed by atoms with Crippen molar-refractivity contribution in [2.75, 3.05) is 17.6 Å². The summed E-state index contributed by atoms with van der Waals surface area (Å²) >= 11 is 0.838. The van der Waals surface area contributed by atoms with Crippen LogP contribution in [0.5, 0.6) is 0 Å². The van der Waals surface area contributed by atoms with Crippen LogP contribution in [-0.4, -0.2) is 18.5 Å². The smallest absolute Gasteiger partial charge is 0.384 e. The zero-order valence-corrected chi connectivity index (χ0v) is 12.6. The summed E-state index contributed by atoms with van der Waals surface area (Å²) in [4.78, 5) is 0.665. The molecule has 0 aromatic heterocycles. The highest BCUT2D eigenvalue weighted by Gasteiger charge is 2.27. The fraction of sp³-hybridized carbons (Fsp3) is 0.600. The minimum Gasteiger partial charge on any atom is -0.384 e. The first-order valence-corrected chi connectivity index (χ1v) is 8.04. The summed E-state index contributed by atoms with van der Waals surface area (Å²) in [6.45, 7) is 2.99. The first-order chi connectivity index (χ1) is 9.53. The van der Waals surface area contributed by atoms with Crippen LogP contribution in [0.25, 0.3) is 0 Å². The summed E-state index contributed by atoms with van der Waals surface area (Å²) < 4.78 is 36.8. The van der Waals surface area contributed by atoms with E-state index in [1.807, 2.05) is 12.1 Å². The molecule has 0 aliphatic heterocycles. The molecular weight excluding hydrogens is 283 g/mol. The minimum absolute atomic E-state index is 0.665. The molecule has 0 aliphatic rings. The van der Waals surface area contributed by atoms with Crippen LogP contribution in [-0.2, 0) is 0 Å². The van der Waals surface area contributed by atoms with Crippen molar-refractivity contribution >= 4 is 17.4 Å². The number of unbranched alkanes of at least 4 members (excludes halogenated alkanes) is 4. The van der Waals surface area contributed by atoms with E-state index >= 15 is 0 Å². The SMILES string of the molecule is CCCCCCCNc1ccccc1SCC(F)(F)F. The van der Waals surface area contributed by atoms with Gasteiger partial charge in [-0.15, -0.1) is 11.8 Å². The van der Waals surface area contributed by atoms with Gasteiger partial charge < -0.3 is 5.32 Å². The van der Waals surface area contributed by atoms with Crippen LogP contribution in [0.15, 0.2) is 29.2 Å². The van der Waals surface area contributed by atoms with Gasteiger partial charge in [0.1, 0.15) is 0 Å². The van der Waals surface area contributed by atoms with Gasteiger partial charge in [0.05, 0.1) is 5.75 Å². The van der Waals surface area contributed by atoms with Gasteiger partial charge in [0, 0.05) is 17.1 Å². The molecule has 5 heteroatoms. The van der Waals surface area contributed by atoms with Gasteiger partial charge >= 0.3 is 6.18 Å². The fourth-order valence-electron chi connectivity index (χ4n) is 1.85. The van der Waals surface area contributed by atoms with Crippen LogP contribution >= 0.6 is 11.8 Å². The van der Waals surface area contributed by atoms with Gasteiger partial charge in [0.15, 0.2) is 0 Å². The Morgan fingerprint density at radius 2 is 1.75 bits per heavy atom. The van der Waals surface area contributed by atoms with Crippen molar-refractivity contribution in [1.29, 1.82) is 0 Å². The Bertz CT molecular complexity index is 380. The monoisotopic (exact) mass is 305 g/mol. The molecule has 0 saturated carbocycles. The van der Waals surface area contributed by atoms with Gasteiger partial charge in [-0.1, -0.05) is 44.7 Å². The number of hydrogen-bond donors (Lipinski definition) is 1. The van der Waals surface area contributed by atoms with E-state index in [1.165, 1.54) is 25.7 Å². The predicted molar refractivity (Wildman–Crippen MR) is 80.5 cm³/mol. The minimum atomic E-state index is -4.13. The van der Waals surface area contributed by atoms with Crippen molar-refractivity contribution in [3.8, 4) is 0 Å². The quantitative estimate of drug-likeness (QED) is 0.462. The number of thioether (sulfide) groups is 1. The van der Waals surface area contributed by atoms with Gasteiger partial charge in [-0.3, -0.25) is 0 Å². The number of alkyl halides is 3. The second-order valence-electron chi connectivity index (χ2n) is 4.74. The highest BCUT2D eigenvalue weighted by Crippen LogP contribution is 2.32. The van der Waals surface area contributed by atoms with E-state index in [0.717, 1.165) is 30.4 Å². The van der Waals surface area contributed by atoms with E-state index in [9.17, 15) is 13.2 Å². The molecule has 1 nitrogen and oxygen atoms in total. The van der Waals surface area contributed by atoms with E-state index in [1.54, 1.807) is 12.1 Å². The first kappa shape index (κ1) is 17.2. The lowest BCUT2D eigenvalue weighted by atomic mass is 10.1. The maximum absolute atomic E-state index is 12.3. The van der Waals surface area contributed by atoms with Crippen LogP contribution in [0.2, 0.25) is 0 Å². The van der Waals surface area contributed by atoms with Crippen molar-refractivity contribution in [2.24, 2.45) is 0 Å². The molecule has 0 amide bonds. The van der Waals surface area contributed by atoms with Gasteiger partial charge in [-0.05, 0) is 18.6 Å². The molecule has 0 radical (unpaired) electrons. The predicted octanol–water partition coefficient (Wildman–Crippen LogP) is 5.72. The Labute approximate surface area is 123 Å². The van der Waals surface area contributed by atoms with E-state index < -0.39 is 11.9 Å². The second-order valence-corrected chi connectivity index (χ2v) is 5.76. The maximum atomic E-state index is 12.3. The van der Waals surface area contributed by atoms with E-state index in [4.69, 9.17) is 0 Å². The molecule has 0 unspecified atom stereocenters. The zero-order chi connectivity index (χ0) is 14.8. The third-order valence-corrected chi connectivity index (χ3v) is 4.01. The summed E-state index contributed by atoms with van der Waals surface area (Å²) in [6, 6.07) is 7.18. The lowest BCUT2D eigenvalue weighted by Crippen LogP contribution is -2.11. The van der Waals surface area contributed by atoms with Crippen molar-refractivity contribution in [3.63, 3.8) is 0 Å². The second kappa shape index (κ2) is 9.16. The third-order valence-electron chi connectivity index (χ3n) is 2.87. The van der Waals surface area contributed by atoms with Crippen molar-refractivity contribution < 1.29 is 13.2 Å². The summed E-state index contributed by atoms with van der Waals surface area (Å²) in [5, 5.41) is 3.24. The number of hydrogen-bond acceptors (Lipinski definition) is 2. The number of nitrogens with one attached hydrogen (secondary N) is 1. The summed E-state index contributed by atoms with van der Waals surface area (Å²) in [7, 11) is 0. The van der Waals surface area contributed by atoms with Crippen LogP contribution in [0, 0.1) is 0 Å². The van der Waals surface area contributed by atoms with Gasteiger partial charge in [-0.2, -0.15) is 13.2 Å². The molecule has 0 bridgehead atoms. The Kier molecular flexibility index (Phi) is 7.88. The molecule has 1 N–H and O–H groups in total. The zero-order valence-electron chi connectivity index (χ0n) is 11.8. The van der Waals surface area contributed by atoms with Crippen LogP contribution in [0.4, 0.5) is 18.9 Å². The Balaban J connectivity index is 2.37. The normalized spacial score (nSPS) is 11.6. The largest absolute Gasteiger partial charge is 0.398 e. The number of para-hydroxylation sites is 1. The lowest BCUT2D eigenvalue weighted by molar-refractivity contribution is -0.105. The van der Waals surface area contributed by atoms with Crippen LogP contribution in [0.3, 0.4) is 0 Å². The molecule has 0 fully saturated rings. The topological polar surface area (TPSA) is 12.0 Å². The fourth-order valence-corrected chi connectivity index (χ4v) is 2.64. The number of rotatable bonds is 9. The third kappa shape index (κ3) is 7.68. The molecule has 114 valence electrons. The Hall–Kier alpha value is -0.840. The van der Waals surface area contributed by atoms with Crippen molar-refractivity contribution in [2.45, 2.75) is 50.1 Å². The Morgan fingerprint density at radius 3 is 2.45 bits per heavy atom. The standard InChI is InChI=1S/C15H22F3NS/c1-2-3-4-5-8-11-19-13-9-6-7-10-14(13)20-12-15(16,17)18/h6-7,9-10,19H,2-5,8,11-12H2,1H3. The average Bonchev–Trinajstić information content (AvgIpc) is 2.40. The molecule has 0 atom stereocenters. The molecule has 0 spiro atoms. The van der Waals surface area contributed by atoms with E-state index in [2.05, 4.69) is 12.2 Å². The van der Waals surface area contributed by atoms with Gasteiger partial charge in [0.2, 0.25) is 0 Å². The molecule has 1 aromatic carbocycles. The van der Waals surface area contributed by atoms with Gasteiger partial charge in [0.25, 0.3) is 0 Å². The number of halogens is 3. The highest BCUT2D eigenvalue weighted by molar-refractivity contribution is 7.99. The summed E-state index contributed by atoms with van der Waals surface area (Å²) in [5.41, 5.74) is 0.803. The molecule has 1 rings (SSSR count). The van der Waals surface area contributed by atoms with Crippen LogP contribution in [0.1, 0.15) is 39.0 Å². The summed E-state index contributed by atoms with van der Waals surface area (Å²) in [6.07, 6.45) is 1.78. The average molecular weight is 305 g/mol. The van der Waals surface area contributed by atoms with Crippen molar-refractivity contribution in [1.82, 2.24) is 0 Å². The highest BCUT2D eigenvalue weighted by atomic mass is 32.2. The van der Waals surface area contributed by atoms with E-state index in [0.29, 0.717) is 4.90 Å². The molecular formula is C15H22F3NS.